The topological polar surface area (TPSA) is 47.6 Å². The molecule has 0 aliphatic carbocycles. The van der Waals surface area contributed by atoms with Gasteiger partial charge in [-0.15, -0.1) is 0 Å². The van der Waals surface area contributed by atoms with Crippen LogP contribution in [-0.2, 0) is 14.3 Å². The molecule has 0 aromatic carbocycles. The van der Waals surface area contributed by atoms with Crippen molar-refractivity contribution in [1.82, 2.24) is 5.32 Å². The maximum absolute atomic E-state index is 11.3. The van der Waals surface area contributed by atoms with E-state index in [1.807, 2.05) is 13.8 Å². The zero-order valence-electron chi connectivity index (χ0n) is 9.34. The molecule has 0 fully saturated rings. The van der Waals surface area contributed by atoms with E-state index in [-0.39, 0.29) is 11.8 Å². The molecule has 0 aromatic heterocycles. The normalized spacial score (nSPS) is 12.5. The van der Waals surface area contributed by atoms with Crippen molar-refractivity contribution in [2.24, 2.45) is 5.92 Å². The minimum atomic E-state index is 0.0916. The van der Waals surface area contributed by atoms with Gasteiger partial charge < -0.3 is 14.8 Å². The molecular formula is C10H21NO3. The van der Waals surface area contributed by atoms with Gasteiger partial charge in [0, 0.05) is 19.6 Å². The van der Waals surface area contributed by atoms with Gasteiger partial charge in [-0.3, -0.25) is 4.79 Å². The third kappa shape index (κ3) is 6.86. The Morgan fingerprint density at radius 2 is 2.07 bits per heavy atom. The van der Waals surface area contributed by atoms with E-state index in [1.165, 1.54) is 0 Å². The fourth-order valence-corrected chi connectivity index (χ4v) is 0.850. The molecule has 1 unspecified atom stereocenters. The monoisotopic (exact) mass is 203 g/mol. The second kappa shape index (κ2) is 8.97. The van der Waals surface area contributed by atoms with Gasteiger partial charge in [-0.1, -0.05) is 13.8 Å². The standard InChI is InChI=1S/C10H21NO3/c1-4-9(2)10(12)11-5-6-14-8-7-13-3/h9H,4-8H2,1-3H3,(H,11,12). The average molecular weight is 203 g/mol. The first-order valence-electron chi connectivity index (χ1n) is 5.06. The highest BCUT2D eigenvalue weighted by atomic mass is 16.5. The summed E-state index contributed by atoms with van der Waals surface area (Å²) in [6.07, 6.45) is 0.871. The SMILES string of the molecule is CCC(C)C(=O)NCCOCCOC. The second-order valence-corrected chi connectivity index (χ2v) is 3.21. The average Bonchev–Trinajstić information content (AvgIpc) is 2.21. The lowest BCUT2D eigenvalue weighted by atomic mass is 10.1. The third-order valence-electron chi connectivity index (χ3n) is 2.04. The second-order valence-electron chi connectivity index (χ2n) is 3.21. The van der Waals surface area contributed by atoms with Crippen molar-refractivity contribution >= 4 is 5.91 Å². The van der Waals surface area contributed by atoms with Crippen LogP contribution in [0.2, 0.25) is 0 Å². The van der Waals surface area contributed by atoms with Crippen LogP contribution >= 0.6 is 0 Å². The van der Waals surface area contributed by atoms with Crippen LogP contribution < -0.4 is 5.32 Å². The molecule has 0 rings (SSSR count). The van der Waals surface area contributed by atoms with Crippen molar-refractivity contribution in [2.45, 2.75) is 20.3 Å². The summed E-state index contributed by atoms with van der Waals surface area (Å²) in [4.78, 5) is 11.3. The summed E-state index contributed by atoms with van der Waals surface area (Å²) >= 11 is 0. The Bertz CT molecular complexity index is 150. The molecule has 0 aliphatic heterocycles. The predicted molar refractivity (Wildman–Crippen MR) is 55.2 cm³/mol. The molecule has 84 valence electrons. The van der Waals surface area contributed by atoms with E-state index < -0.39 is 0 Å². The molecule has 4 heteroatoms. The number of amides is 1. The van der Waals surface area contributed by atoms with Crippen LogP contribution in [0.15, 0.2) is 0 Å². The molecule has 0 aliphatic rings. The summed E-state index contributed by atoms with van der Waals surface area (Å²) in [5, 5.41) is 2.81. The molecular weight excluding hydrogens is 182 g/mol. The Kier molecular flexibility index (Phi) is 8.57. The molecule has 0 bridgehead atoms. The number of hydrogen-bond donors (Lipinski definition) is 1. The Morgan fingerprint density at radius 1 is 1.36 bits per heavy atom. The van der Waals surface area contributed by atoms with Crippen molar-refractivity contribution in [2.75, 3.05) is 33.5 Å². The van der Waals surface area contributed by atoms with Gasteiger partial charge in [-0.2, -0.15) is 0 Å². The number of carbonyl (C=O) groups is 1. The van der Waals surface area contributed by atoms with Crippen LogP contribution in [0.5, 0.6) is 0 Å². The molecule has 0 aromatic rings. The molecule has 4 nitrogen and oxygen atoms in total. The molecule has 1 N–H and O–H groups in total. The summed E-state index contributed by atoms with van der Waals surface area (Å²) < 4.78 is 10.0. The van der Waals surface area contributed by atoms with E-state index in [4.69, 9.17) is 9.47 Å². The van der Waals surface area contributed by atoms with Gasteiger partial charge in [0.1, 0.15) is 0 Å². The van der Waals surface area contributed by atoms with E-state index >= 15 is 0 Å². The van der Waals surface area contributed by atoms with E-state index in [2.05, 4.69) is 5.32 Å². The Balaban J connectivity index is 3.23. The van der Waals surface area contributed by atoms with Gasteiger partial charge in [0.2, 0.25) is 5.91 Å². The number of methoxy groups -OCH3 is 1. The fourth-order valence-electron chi connectivity index (χ4n) is 0.850. The molecule has 0 heterocycles. The minimum absolute atomic E-state index is 0.0916. The third-order valence-corrected chi connectivity index (χ3v) is 2.04. The van der Waals surface area contributed by atoms with Crippen LogP contribution in [0.3, 0.4) is 0 Å². The highest BCUT2D eigenvalue weighted by Crippen LogP contribution is 1.98. The molecule has 0 spiro atoms. The highest BCUT2D eigenvalue weighted by molar-refractivity contribution is 5.78. The van der Waals surface area contributed by atoms with Crippen molar-refractivity contribution in [3.63, 3.8) is 0 Å². The van der Waals surface area contributed by atoms with E-state index in [0.29, 0.717) is 26.4 Å². The van der Waals surface area contributed by atoms with E-state index in [9.17, 15) is 4.79 Å². The fraction of sp³-hybridized carbons (Fsp3) is 0.900. The molecule has 0 saturated heterocycles. The number of carbonyl (C=O) groups excluding carboxylic acids is 1. The van der Waals surface area contributed by atoms with Crippen LogP contribution in [0.25, 0.3) is 0 Å². The highest BCUT2D eigenvalue weighted by Gasteiger charge is 2.08. The summed E-state index contributed by atoms with van der Waals surface area (Å²) in [5.41, 5.74) is 0. The zero-order valence-corrected chi connectivity index (χ0v) is 9.34. The first-order chi connectivity index (χ1) is 6.72. The Morgan fingerprint density at radius 3 is 2.64 bits per heavy atom. The number of nitrogens with one attached hydrogen (secondary N) is 1. The summed E-state index contributed by atoms with van der Waals surface area (Å²) in [6.45, 7) is 6.22. The van der Waals surface area contributed by atoms with Crippen molar-refractivity contribution in [3.8, 4) is 0 Å². The molecule has 0 radical (unpaired) electrons. The number of hydrogen-bond acceptors (Lipinski definition) is 3. The molecule has 1 amide bonds. The van der Waals surface area contributed by atoms with Gasteiger partial charge in [0.15, 0.2) is 0 Å². The van der Waals surface area contributed by atoms with Crippen molar-refractivity contribution < 1.29 is 14.3 Å². The van der Waals surface area contributed by atoms with Gasteiger partial charge in [-0.25, -0.2) is 0 Å². The van der Waals surface area contributed by atoms with E-state index in [1.54, 1.807) is 7.11 Å². The van der Waals surface area contributed by atoms with Crippen LogP contribution in [0.1, 0.15) is 20.3 Å². The first-order valence-corrected chi connectivity index (χ1v) is 5.06. The summed E-state index contributed by atoms with van der Waals surface area (Å²) in [7, 11) is 1.63. The number of rotatable bonds is 8. The Labute approximate surface area is 86.0 Å². The zero-order chi connectivity index (χ0) is 10.8. The van der Waals surface area contributed by atoms with Gasteiger partial charge in [0.05, 0.1) is 19.8 Å². The lowest BCUT2D eigenvalue weighted by Gasteiger charge is -2.09. The maximum atomic E-state index is 11.3. The molecule has 14 heavy (non-hydrogen) atoms. The van der Waals surface area contributed by atoms with Crippen LogP contribution in [-0.4, -0.2) is 39.4 Å². The largest absolute Gasteiger partial charge is 0.382 e. The molecule has 0 saturated carbocycles. The van der Waals surface area contributed by atoms with Crippen molar-refractivity contribution in [3.05, 3.63) is 0 Å². The quantitative estimate of drug-likeness (QED) is 0.594. The Hall–Kier alpha value is -0.610. The van der Waals surface area contributed by atoms with Crippen LogP contribution in [0.4, 0.5) is 0 Å². The minimum Gasteiger partial charge on any atom is -0.382 e. The lowest BCUT2D eigenvalue weighted by molar-refractivity contribution is -0.124. The van der Waals surface area contributed by atoms with Crippen LogP contribution in [0, 0.1) is 5.92 Å². The summed E-state index contributed by atoms with van der Waals surface area (Å²) in [5.74, 6) is 0.191. The van der Waals surface area contributed by atoms with Gasteiger partial charge in [0.25, 0.3) is 0 Å². The first kappa shape index (κ1) is 13.4. The van der Waals surface area contributed by atoms with Crippen molar-refractivity contribution in [1.29, 1.82) is 0 Å². The smallest absolute Gasteiger partial charge is 0.222 e. The van der Waals surface area contributed by atoms with Gasteiger partial charge in [-0.05, 0) is 6.42 Å². The van der Waals surface area contributed by atoms with E-state index in [0.717, 1.165) is 6.42 Å². The maximum Gasteiger partial charge on any atom is 0.222 e. The lowest BCUT2D eigenvalue weighted by Crippen LogP contribution is -2.31. The number of ether oxygens (including phenoxy) is 2. The summed E-state index contributed by atoms with van der Waals surface area (Å²) in [6, 6.07) is 0. The molecule has 1 atom stereocenters. The predicted octanol–water partition coefficient (Wildman–Crippen LogP) is 0.812. The van der Waals surface area contributed by atoms with Gasteiger partial charge >= 0.3 is 0 Å².